The van der Waals surface area contributed by atoms with E-state index in [2.05, 4.69) is 11.0 Å². The third-order valence-corrected chi connectivity index (χ3v) is 6.75. The summed E-state index contributed by atoms with van der Waals surface area (Å²) in [5.41, 5.74) is 1.61. The Morgan fingerprint density at radius 3 is 2.32 bits per heavy atom. The molecule has 2 aromatic carbocycles. The van der Waals surface area contributed by atoms with Gasteiger partial charge in [0.05, 0.1) is 30.7 Å². The zero-order chi connectivity index (χ0) is 20.1. The quantitative estimate of drug-likeness (QED) is 0.737. The minimum atomic E-state index is -3.61. The van der Waals surface area contributed by atoms with Crippen LogP contribution in [-0.4, -0.2) is 58.0 Å². The van der Waals surface area contributed by atoms with Gasteiger partial charge in [0.25, 0.3) is 0 Å². The lowest BCUT2D eigenvalue weighted by atomic mass is 10.1. The van der Waals surface area contributed by atoms with Gasteiger partial charge in [-0.05, 0) is 23.8 Å². The molecule has 0 amide bonds. The van der Waals surface area contributed by atoms with Crippen LogP contribution in [0.5, 0.6) is 11.5 Å². The smallest absolute Gasteiger partial charge is 0.243 e. The van der Waals surface area contributed by atoms with E-state index in [1.807, 2.05) is 18.2 Å². The number of nitrogens with zero attached hydrogens (tertiary/aromatic N) is 3. The van der Waals surface area contributed by atoms with Crippen molar-refractivity contribution in [2.45, 2.75) is 11.4 Å². The molecule has 0 saturated carbocycles. The Morgan fingerprint density at radius 1 is 1.00 bits per heavy atom. The Kier molecular flexibility index (Phi) is 6.19. The Labute approximate surface area is 165 Å². The Bertz CT molecular complexity index is 977. The molecule has 148 valence electrons. The van der Waals surface area contributed by atoms with Gasteiger partial charge in [-0.25, -0.2) is 8.42 Å². The molecule has 0 N–H and O–H groups in total. The predicted molar refractivity (Wildman–Crippen MR) is 105 cm³/mol. The number of rotatable bonds is 6. The minimum Gasteiger partial charge on any atom is -0.493 e. The number of hydrogen-bond donors (Lipinski definition) is 0. The molecule has 1 fully saturated rings. The zero-order valence-corrected chi connectivity index (χ0v) is 16.8. The van der Waals surface area contributed by atoms with E-state index in [1.165, 1.54) is 30.7 Å². The van der Waals surface area contributed by atoms with Gasteiger partial charge in [0, 0.05) is 38.8 Å². The van der Waals surface area contributed by atoms with Crippen molar-refractivity contribution in [3.8, 4) is 17.6 Å². The summed E-state index contributed by atoms with van der Waals surface area (Å²) in [5, 5.41) is 9.23. The Hall–Kier alpha value is -2.60. The van der Waals surface area contributed by atoms with Crippen molar-refractivity contribution in [1.29, 1.82) is 5.26 Å². The van der Waals surface area contributed by atoms with Crippen LogP contribution >= 0.6 is 0 Å². The number of nitriles is 1. The second-order valence-electron chi connectivity index (χ2n) is 6.47. The molecular formula is C20H23N3O4S. The SMILES string of the molecule is COc1ccc(S(=O)(=O)N2CCN(Cc3ccccc3C#N)CC2)cc1OC. The van der Waals surface area contributed by atoms with Crippen LogP contribution in [0.3, 0.4) is 0 Å². The van der Waals surface area contributed by atoms with Crippen molar-refractivity contribution in [2.75, 3.05) is 40.4 Å². The van der Waals surface area contributed by atoms with Crippen molar-refractivity contribution < 1.29 is 17.9 Å². The first-order valence-electron chi connectivity index (χ1n) is 8.92. The second-order valence-corrected chi connectivity index (χ2v) is 8.40. The van der Waals surface area contributed by atoms with Crippen LogP contribution in [0.25, 0.3) is 0 Å². The van der Waals surface area contributed by atoms with Gasteiger partial charge >= 0.3 is 0 Å². The summed E-state index contributed by atoms with van der Waals surface area (Å²) < 4.78 is 37.9. The first-order valence-corrected chi connectivity index (χ1v) is 10.4. The summed E-state index contributed by atoms with van der Waals surface area (Å²) in [6.07, 6.45) is 0. The first kappa shape index (κ1) is 20.1. The van der Waals surface area contributed by atoms with Crippen molar-refractivity contribution in [3.63, 3.8) is 0 Å². The summed E-state index contributed by atoms with van der Waals surface area (Å²) in [5.74, 6) is 0.873. The number of sulfonamides is 1. The monoisotopic (exact) mass is 401 g/mol. The van der Waals surface area contributed by atoms with E-state index in [0.717, 1.165) is 5.56 Å². The molecule has 0 spiro atoms. The molecule has 1 heterocycles. The van der Waals surface area contributed by atoms with Crippen molar-refractivity contribution >= 4 is 10.0 Å². The van der Waals surface area contributed by atoms with Gasteiger partial charge in [0.1, 0.15) is 0 Å². The number of ether oxygens (including phenoxy) is 2. The van der Waals surface area contributed by atoms with Crippen molar-refractivity contribution in [3.05, 3.63) is 53.6 Å². The molecule has 2 aromatic rings. The molecule has 0 atom stereocenters. The van der Waals surface area contributed by atoms with E-state index in [-0.39, 0.29) is 4.90 Å². The summed E-state index contributed by atoms with van der Waals surface area (Å²) >= 11 is 0. The lowest BCUT2D eigenvalue weighted by Gasteiger charge is -2.34. The fourth-order valence-electron chi connectivity index (χ4n) is 3.26. The highest BCUT2D eigenvalue weighted by atomic mass is 32.2. The summed E-state index contributed by atoms with van der Waals surface area (Å²) in [7, 11) is -0.622. The normalized spacial score (nSPS) is 15.8. The lowest BCUT2D eigenvalue weighted by Crippen LogP contribution is -2.48. The van der Waals surface area contributed by atoms with Crippen LogP contribution in [-0.2, 0) is 16.6 Å². The third-order valence-electron chi connectivity index (χ3n) is 4.86. The molecule has 1 saturated heterocycles. The molecular weight excluding hydrogens is 378 g/mol. The standard InChI is InChI=1S/C20H23N3O4S/c1-26-19-8-7-18(13-20(19)27-2)28(24,25)23-11-9-22(10-12-23)15-17-6-4-3-5-16(17)14-21/h3-8,13H,9-12,15H2,1-2H3. The highest BCUT2D eigenvalue weighted by molar-refractivity contribution is 7.89. The van der Waals surface area contributed by atoms with Gasteiger partial charge in [-0.3, -0.25) is 4.90 Å². The highest BCUT2D eigenvalue weighted by Gasteiger charge is 2.29. The summed E-state index contributed by atoms with van der Waals surface area (Å²) in [6, 6.07) is 14.3. The predicted octanol–water partition coefficient (Wildman–Crippen LogP) is 2.08. The van der Waals surface area contributed by atoms with E-state index in [0.29, 0.717) is 49.8 Å². The second kappa shape index (κ2) is 8.61. The maximum Gasteiger partial charge on any atom is 0.243 e. The molecule has 7 nitrogen and oxygen atoms in total. The van der Waals surface area contributed by atoms with Crippen molar-refractivity contribution in [2.24, 2.45) is 0 Å². The highest BCUT2D eigenvalue weighted by Crippen LogP contribution is 2.31. The largest absolute Gasteiger partial charge is 0.493 e. The molecule has 3 rings (SSSR count). The summed E-state index contributed by atoms with van der Waals surface area (Å²) in [6.45, 7) is 2.63. The summed E-state index contributed by atoms with van der Waals surface area (Å²) in [4.78, 5) is 2.35. The van der Waals surface area contributed by atoms with Gasteiger partial charge in [0.15, 0.2) is 11.5 Å². The molecule has 28 heavy (non-hydrogen) atoms. The minimum absolute atomic E-state index is 0.188. The first-order chi connectivity index (χ1) is 13.5. The maximum atomic E-state index is 13.0. The van der Waals surface area contributed by atoms with E-state index < -0.39 is 10.0 Å². The van der Waals surface area contributed by atoms with Crippen LogP contribution in [0.1, 0.15) is 11.1 Å². The number of piperazine rings is 1. The number of methoxy groups -OCH3 is 2. The molecule has 0 radical (unpaired) electrons. The van der Waals surface area contributed by atoms with Gasteiger partial charge in [-0.15, -0.1) is 0 Å². The van der Waals surface area contributed by atoms with Gasteiger partial charge < -0.3 is 9.47 Å². The molecule has 0 aliphatic carbocycles. The molecule has 8 heteroatoms. The Balaban J connectivity index is 1.69. The van der Waals surface area contributed by atoms with Crippen LogP contribution in [0, 0.1) is 11.3 Å². The lowest BCUT2D eigenvalue weighted by molar-refractivity contribution is 0.181. The third kappa shape index (κ3) is 4.12. The zero-order valence-electron chi connectivity index (χ0n) is 16.0. The van der Waals surface area contributed by atoms with Gasteiger partial charge in [-0.1, -0.05) is 18.2 Å². The topological polar surface area (TPSA) is 82.9 Å². The fraction of sp³-hybridized carbons (Fsp3) is 0.350. The van der Waals surface area contributed by atoms with Crippen LogP contribution in [0.2, 0.25) is 0 Å². The van der Waals surface area contributed by atoms with Gasteiger partial charge in [0.2, 0.25) is 10.0 Å². The van der Waals surface area contributed by atoms with Crippen LogP contribution in [0.4, 0.5) is 0 Å². The number of benzene rings is 2. The van der Waals surface area contributed by atoms with E-state index in [4.69, 9.17) is 9.47 Å². The van der Waals surface area contributed by atoms with E-state index in [1.54, 1.807) is 12.1 Å². The van der Waals surface area contributed by atoms with Crippen LogP contribution in [0.15, 0.2) is 47.4 Å². The van der Waals surface area contributed by atoms with Crippen molar-refractivity contribution in [1.82, 2.24) is 9.21 Å². The Morgan fingerprint density at radius 2 is 1.68 bits per heavy atom. The van der Waals surface area contributed by atoms with E-state index >= 15 is 0 Å². The maximum absolute atomic E-state index is 13.0. The average Bonchev–Trinajstić information content (AvgIpc) is 2.74. The van der Waals surface area contributed by atoms with E-state index in [9.17, 15) is 13.7 Å². The molecule has 0 unspecified atom stereocenters. The molecule has 1 aliphatic heterocycles. The molecule has 0 aromatic heterocycles. The van der Waals surface area contributed by atoms with Gasteiger partial charge in [-0.2, -0.15) is 9.57 Å². The molecule has 1 aliphatic rings. The average molecular weight is 401 g/mol. The fourth-order valence-corrected chi connectivity index (χ4v) is 4.70. The number of hydrogen-bond acceptors (Lipinski definition) is 6. The molecule has 0 bridgehead atoms. The van der Waals surface area contributed by atoms with Crippen LogP contribution < -0.4 is 9.47 Å².